The van der Waals surface area contributed by atoms with Gasteiger partial charge in [0.2, 0.25) is 0 Å². The average Bonchev–Trinajstić information content (AvgIpc) is 2.55. The molecule has 5 heteroatoms. The molecule has 1 aromatic rings. The van der Waals surface area contributed by atoms with Crippen molar-refractivity contribution in [1.82, 2.24) is 9.78 Å². The molecular weight excluding hydrogens is 282 g/mol. The van der Waals surface area contributed by atoms with Crippen LogP contribution in [0.5, 0.6) is 0 Å². The molecule has 0 fully saturated rings. The molecule has 17 heavy (non-hydrogen) atoms. The number of aryl methyl sites for hydroxylation is 1. The summed E-state index contributed by atoms with van der Waals surface area (Å²) in [5, 5.41) is 4.05. The highest BCUT2D eigenvalue weighted by atomic mass is 79.9. The van der Waals surface area contributed by atoms with Crippen molar-refractivity contribution in [2.45, 2.75) is 33.1 Å². The number of halogens is 1. The Hall–Kier alpha value is -0.680. The van der Waals surface area contributed by atoms with E-state index in [0.717, 1.165) is 17.3 Å². The summed E-state index contributed by atoms with van der Waals surface area (Å²) in [6, 6.07) is 0. The second kappa shape index (κ2) is 5.78. The molecule has 0 aromatic carbocycles. The van der Waals surface area contributed by atoms with Crippen LogP contribution in [-0.2, 0) is 7.05 Å². The Morgan fingerprint density at radius 3 is 2.65 bits per heavy atom. The third kappa shape index (κ3) is 3.92. The van der Waals surface area contributed by atoms with Crippen LogP contribution in [0.4, 0.5) is 0 Å². The Balaban J connectivity index is 2.62. The minimum absolute atomic E-state index is 0.121. The molecule has 1 heterocycles. The van der Waals surface area contributed by atoms with Gasteiger partial charge in [0.15, 0.2) is 5.78 Å². The van der Waals surface area contributed by atoms with E-state index in [1.807, 2.05) is 0 Å². The van der Waals surface area contributed by atoms with Crippen LogP contribution in [0.1, 0.15) is 43.6 Å². The van der Waals surface area contributed by atoms with E-state index < -0.39 is 0 Å². The molecule has 0 aliphatic rings. The summed E-state index contributed by atoms with van der Waals surface area (Å²) in [6.45, 7) is 4.95. The molecule has 1 rings (SSSR count). The second-order valence-electron chi connectivity index (χ2n) is 5.09. The number of aromatic nitrogens is 2. The molecule has 0 radical (unpaired) electrons. The van der Waals surface area contributed by atoms with Crippen LogP contribution < -0.4 is 5.73 Å². The van der Waals surface area contributed by atoms with Crippen LogP contribution in [0.3, 0.4) is 0 Å². The summed E-state index contributed by atoms with van der Waals surface area (Å²) in [6.07, 6.45) is 3.97. The monoisotopic (exact) mass is 301 g/mol. The molecule has 0 saturated heterocycles. The van der Waals surface area contributed by atoms with Crippen molar-refractivity contribution < 1.29 is 4.79 Å². The number of nitrogens with zero attached hydrogens (tertiary/aromatic N) is 2. The zero-order chi connectivity index (χ0) is 13.1. The first-order chi connectivity index (χ1) is 7.87. The Kier molecular flexibility index (Phi) is 4.89. The normalized spacial score (nSPS) is 11.8. The van der Waals surface area contributed by atoms with Gasteiger partial charge in [-0.05, 0) is 40.7 Å². The van der Waals surface area contributed by atoms with Crippen LogP contribution in [-0.4, -0.2) is 22.1 Å². The summed E-state index contributed by atoms with van der Waals surface area (Å²) >= 11 is 3.34. The van der Waals surface area contributed by atoms with Gasteiger partial charge in [0.05, 0.1) is 10.7 Å². The zero-order valence-electron chi connectivity index (χ0n) is 10.7. The van der Waals surface area contributed by atoms with Crippen molar-refractivity contribution >= 4 is 21.7 Å². The number of carbonyl (C=O) groups is 1. The molecule has 0 aliphatic heterocycles. The number of Topliss-reactive ketones (excluding diaryl/α,β-unsaturated/α-hetero) is 1. The molecule has 4 nitrogen and oxygen atoms in total. The molecule has 0 spiro atoms. The quantitative estimate of drug-likeness (QED) is 0.821. The SMILES string of the molecule is Cn1ncc(Br)c1C(=O)CCC(C)(C)CCN. The van der Waals surface area contributed by atoms with Crippen molar-refractivity contribution in [3.8, 4) is 0 Å². The summed E-state index contributed by atoms with van der Waals surface area (Å²) in [5.41, 5.74) is 6.32. The van der Waals surface area contributed by atoms with Gasteiger partial charge < -0.3 is 5.73 Å². The zero-order valence-corrected chi connectivity index (χ0v) is 12.2. The topological polar surface area (TPSA) is 60.9 Å². The summed E-state index contributed by atoms with van der Waals surface area (Å²) in [5.74, 6) is 0.127. The molecule has 96 valence electrons. The number of carbonyl (C=O) groups excluding carboxylic acids is 1. The van der Waals surface area contributed by atoms with Gasteiger partial charge in [0, 0.05) is 13.5 Å². The Bertz CT molecular complexity index is 379. The van der Waals surface area contributed by atoms with E-state index in [2.05, 4.69) is 34.9 Å². The Labute approximate surface area is 111 Å². The largest absolute Gasteiger partial charge is 0.330 e. The van der Waals surface area contributed by atoms with Crippen LogP contribution in [0.2, 0.25) is 0 Å². The molecule has 1 aromatic heterocycles. The lowest BCUT2D eigenvalue weighted by Gasteiger charge is -2.23. The number of hydrogen-bond donors (Lipinski definition) is 1. The maximum atomic E-state index is 12.1. The third-order valence-corrected chi connectivity index (χ3v) is 3.59. The van der Waals surface area contributed by atoms with E-state index in [4.69, 9.17) is 5.73 Å². The first kappa shape index (κ1) is 14.4. The molecule has 0 saturated carbocycles. The van der Waals surface area contributed by atoms with Crippen LogP contribution in [0, 0.1) is 5.41 Å². The highest BCUT2D eigenvalue weighted by molar-refractivity contribution is 9.10. The van der Waals surface area contributed by atoms with Gasteiger partial charge in [0.1, 0.15) is 5.69 Å². The standard InChI is InChI=1S/C12H20BrN3O/c1-12(2,6-7-14)5-4-10(17)11-9(13)8-15-16(11)3/h8H,4-7,14H2,1-3H3. The lowest BCUT2D eigenvalue weighted by Crippen LogP contribution is -2.19. The van der Waals surface area contributed by atoms with Crippen LogP contribution in [0.15, 0.2) is 10.7 Å². The predicted octanol–water partition coefficient (Wildman–Crippen LogP) is 2.52. The molecule has 0 atom stereocenters. The molecular formula is C12H20BrN3O. The van der Waals surface area contributed by atoms with Gasteiger partial charge in [-0.2, -0.15) is 5.10 Å². The van der Waals surface area contributed by atoms with Crippen molar-refractivity contribution in [3.05, 3.63) is 16.4 Å². The number of ketones is 1. The number of hydrogen-bond acceptors (Lipinski definition) is 3. The lowest BCUT2D eigenvalue weighted by molar-refractivity contribution is 0.0951. The Morgan fingerprint density at radius 1 is 1.53 bits per heavy atom. The third-order valence-electron chi connectivity index (χ3n) is 3.01. The second-order valence-corrected chi connectivity index (χ2v) is 5.95. The van der Waals surface area contributed by atoms with E-state index in [-0.39, 0.29) is 11.2 Å². The summed E-state index contributed by atoms with van der Waals surface area (Å²) < 4.78 is 2.38. The van der Waals surface area contributed by atoms with E-state index in [9.17, 15) is 4.79 Å². The van der Waals surface area contributed by atoms with Gasteiger partial charge in [0.25, 0.3) is 0 Å². The fourth-order valence-corrected chi connectivity index (χ4v) is 2.38. The van der Waals surface area contributed by atoms with Crippen molar-refractivity contribution in [2.75, 3.05) is 6.54 Å². The van der Waals surface area contributed by atoms with Crippen molar-refractivity contribution in [1.29, 1.82) is 0 Å². The van der Waals surface area contributed by atoms with E-state index in [1.54, 1.807) is 17.9 Å². The van der Waals surface area contributed by atoms with Gasteiger partial charge in [-0.25, -0.2) is 0 Å². The summed E-state index contributed by atoms with van der Waals surface area (Å²) in [7, 11) is 1.78. The van der Waals surface area contributed by atoms with Gasteiger partial charge in [-0.1, -0.05) is 13.8 Å². The predicted molar refractivity (Wildman–Crippen MR) is 71.9 cm³/mol. The molecule has 0 unspecified atom stereocenters. The lowest BCUT2D eigenvalue weighted by atomic mass is 9.83. The molecule has 0 bridgehead atoms. The van der Waals surface area contributed by atoms with E-state index >= 15 is 0 Å². The number of rotatable bonds is 6. The van der Waals surface area contributed by atoms with E-state index in [1.165, 1.54) is 0 Å². The van der Waals surface area contributed by atoms with Gasteiger partial charge in [-0.15, -0.1) is 0 Å². The molecule has 0 aliphatic carbocycles. The van der Waals surface area contributed by atoms with Crippen LogP contribution in [0.25, 0.3) is 0 Å². The average molecular weight is 302 g/mol. The van der Waals surface area contributed by atoms with Crippen LogP contribution >= 0.6 is 15.9 Å². The first-order valence-corrected chi connectivity index (χ1v) is 6.57. The first-order valence-electron chi connectivity index (χ1n) is 5.78. The maximum Gasteiger partial charge on any atom is 0.182 e. The highest BCUT2D eigenvalue weighted by Crippen LogP contribution is 2.27. The fourth-order valence-electron chi connectivity index (χ4n) is 1.81. The van der Waals surface area contributed by atoms with Crippen molar-refractivity contribution in [3.63, 3.8) is 0 Å². The minimum atomic E-state index is 0.121. The highest BCUT2D eigenvalue weighted by Gasteiger charge is 2.21. The van der Waals surface area contributed by atoms with E-state index in [0.29, 0.717) is 18.7 Å². The fraction of sp³-hybridized carbons (Fsp3) is 0.667. The number of nitrogens with two attached hydrogens (primary N) is 1. The summed E-state index contributed by atoms with van der Waals surface area (Å²) in [4.78, 5) is 12.1. The van der Waals surface area contributed by atoms with Gasteiger partial charge >= 0.3 is 0 Å². The maximum absolute atomic E-state index is 12.1. The van der Waals surface area contributed by atoms with Gasteiger partial charge in [-0.3, -0.25) is 9.48 Å². The minimum Gasteiger partial charge on any atom is -0.330 e. The Morgan fingerprint density at radius 2 is 2.18 bits per heavy atom. The smallest absolute Gasteiger partial charge is 0.182 e. The van der Waals surface area contributed by atoms with Crippen molar-refractivity contribution in [2.24, 2.45) is 18.2 Å². The molecule has 0 amide bonds. The molecule has 2 N–H and O–H groups in total.